The Morgan fingerprint density at radius 3 is 0.890 bits per heavy atom. The van der Waals surface area contributed by atoms with Crippen LogP contribution in [0.2, 0.25) is 18.1 Å². The third-order valence-electron chi connectivity index (χ3n) is 17.0. The van der Waals surface area contributed by atoms with Gasteiger partial charge in [-0.05, 0) is 75.0 Å². The number of unbranched alkanes of at least 4 members (excludes halogenated alkanes) is 12. The van der Waals surface area contributed by atoms with Crippen LogP contribution in [0.25, 0.3) is 0 Å². The predicted molar refractivity (Wildman–Crippen MR) is 418 cm³/mol. The van der Waals surface area contributed by atoms with Gasteiger partial charge in [0.15, 0.2) is 0 Å². The molecule has 0 bridgehead atoms. The lowest BCUT2D eigenvalue weighted by molar-refractivity contribution is -0.169. The molecule has 8 unspecified atom stereocenters. The first-order valence-electron chi connectivity index (χ1n) is 36.2. The van der Waals surface area contributed by atoms with Crippen molar-refractivity contribution in [1.82, 2.24) is 0 Å². The van der Waals surface area contributed by atoms with Crippen molar-refractivity contribution in [2.24, 2.45) is 0 Å². The van der Waals surface area contributed by atoms with E-state index < -0.39 is 44.7 Å². The maximum Gasteiger partial charge on any atom is 0.500 e. The van der Waals surface area contributed by atoms with Gasteiger partial charge in [0.2, 0.25) is 0 Å². The van der Waals surface area contributed by atoms with Gasteiger partial charge >= 0.3 is 56.3 Å². The molecule has 0 aliphatic rings. The molecule has 0 aromatic carbocycles. The summed E-state index contributed by atoms with van der Waals surface area (Å²) in [5.74, 6) is 1.67. The molecule has 0 aromatic rings. The fourth-order valence-electron chi connectivity index (χ4n) is 11.2. The number of carbonyl (C=O) groups excluding carboxylic acids is 5. The van der Waals surface area contributed by atoms with Gasteiger partial charge in [0.25, 0.3) is 0 Å². The van der Waals surface area contributed by atoms with Gasteiger partial charge in [-0.15, -0.1) is 0 Å². The van der Waals surface area contributed by atoms with Crippen molar-refractivity contribution in [3.05, 3.63) is 0 Å². The standard InChI is InChI=1S/C37H80O13S3Si3.C31H56O10S3/c1-10-11-21-33(39-2)35(49-55(43-6,44-7)30-19-27-52)32-36(50-56(45-8,46-9)31-20-28-53)34(40-3)22-16-14-12-13-15-17-23-37(38)47-24-25-48-54(41-4,42-5)29-18-26-51;1-4-5-12-24(36-2)26(40-30(34)16-21-43)23-27(41-31(35)17-22-44)25(37-3)13-10-8-6-7-9-11-14-28(32)38-18-19-39-29(33)15-20-42/h33-36,51-53H,10-32H2,1-9H3;24-27,42-44H,4-23H2,1-3H3. The van der Waals surface area contributed by atoms with Crippen molar-refractivity contribution in [3.63, 3.8) is 0 Å². The summed E-state index contributed by atoms with van der Waals surface area (Å²) in [5, 5.41) is 0. The van der Waals surface area contributed by atoms with Crippen LogP contribution in [-0.4, -0.2) is 237 Å². The molecular weight excluding hydrogens is 1460 g/mol. The lowest BCUT2D eigenvalue weighted by atomic mass is 9.95. The molecule has 0 aliphatic carbocycles. The third kappa shape index (κ3) is 48.8. The van der Waals surface area contributed by atoms with E-state index in [0.29, 0.717) is 79.0 Å². The average molecular weight is 1600 g/mol. The van der Waals surface area contributed by atoms with E-state index in [1.165, 1.54) is 0 Å². The van der Waals surface area contributed by atoms with Crippen LogP contribution in [0.4, 0.5) is 0 Å². The summed E-state index contributed by atoms with van der Waals surface area (Å²) in [4.78, 5) is 60.4. The number of thiol groups is 6. The Morgan fingerprint density at radius 1 is 0.290 bits per heavy atom. The number of ether oxygens (including phenoxy) is 9. The zero-order valence-corrected chi connectivity index (χ0v) is 71.5. The normalized spacial score (nSPS) is 14.4. The Labute approximate surface area is 639 Å². The van der Waals surface area contributed by atoms with E-state index in [2.05, 4.69) is 89.6 Å². The number of rotatable bonds is 70. The Bertz CT molecular complexity index is 1960. The van der Waals surface area contributed by atoms with Crippen LogP contribution >= 0.6 is 75.8 Å². The summed E-state index contributed by atoms with van der Waals surface area (Å²) in [6.07, 6.45) is 19.3. The Morgan fingerprint density at radius 2 is 0.570 bits per heavy atom. The molecule has 0 aliphatic heterocycles. The van der Waals surface area contributed by atoms with E-state index in [1.54, 1.807) is 71.1 Å². The maximum atomic E-state index is 12.5. The van der Waals surface area contributed by atoms with Crippen LogP contribution in [0, 0.1) is 0 Å². The highest BCUT2D eigenvalue weighted by molar-refractivity contribution is 7.81. The van der Waals surface area contributed by atoms with Crippen LogP contribution in [0.5, 0.6) is 0 Å². The van der Waals surface area contributed by atoms with E-state index in [0.717, 1.165) is 141 Å². The topological polar surface area (TPSA) is 251 Å². The van der Waals surface area contributed by atoms with Crippen molar-refractivity contribution in [1.29, 1.82) is 0 Å². The van der Waals surface area contributed by atoms with Gasteiger partial charge in [-0.3, -0.25) is 24.0 Å². The largest absolute Gasteiger partial charge is 0.500 e. The van der Waals surface area contributed by atoms with Gasteiger partial charge in [-0.1, -0.05) is 104 Å². The highest BCUT2D eigenvalue weighted by atomic mass is 32.1. The smallest absolute Gasteiger partial charge is 0.463 e. The van der Waals surface area contributed by atoms with Crippen molar-refractivity contribution in [2.45, 2.75) is 273 Å². The van der Waals surface area contributed by atoms with Crippen molar-refractivity contribution in [3.8, 4) is 0 Å². The highest BCUT2D eigenvalue weighted by Crippen LogP contribution is 2.32. The first-order chi connectivity index (χ1) is 48.3. The van der Waals surface area contributed by atoms with Crippen molar-refractivity contribution < 1.29 is 106 Å². The Balaban J connectivity index is 0. The zero-order chi connectivity index (χ0) is 75.1. The summed E-state index contributed by atoms with van der Waals surface area (Å²) in [6.45, 7) is 4.79. The fraction of sp³-hybridized carbons (Fsp3) is 0.926. The quantitative estimate of drug-likeness (QED) is 0.0109. The maximum absolute atomic E-state index is 12.5. The molecule has 100 heavy (non-hydrogen) atoms. The molecule has 0 saturated carbocycles. The SMILES string of the molecule is CCCCC(OC)C(CC(OC(=O)CCS)C(CCCCCCCCC(=O)OCCOC(=O)CCS)OC)OC(=O)CCS.CCCCC(OC)C(CC(O[Si](CCCS)(OC)OC)C(CCCCCCCCC(=O)OCCO[Si](CCCS)(OC)OC)OC)O[Si](CCCS)(OC)OC. The van der Waals surface area contributed by atoms with Gasteiger partial charge in [-0.25, -0.2) is 0 Å². The van der Waals surface area contributed by atoms with E-state index in [1.807, 2.05) is 0 Å². The average Bonchev–Trinajstić information content (AvgIpc) is 0.830. The summed E-state index contributed by atoms with van der Waals surface area (Å²) in [7, 11) is 7.57. The van der Waals surface area contributed by atoms with E-state index in [9.17, 15) is 24.0 Å². The molecule has 0 heterocycles. The zero-order valence-electron chi connectivity index (χ0n) is 63.1. The van der Waals surface area contributed by atoms with E-state index in [4.69, 9.17) is 82.5 Å². The lowest BCUT2D eigenvalue weighted by Gasteiger charge is -2.40. The summed E-state index contributed by atoms with van der Waals surface area (Å²) in [5.41, 5.74) is 0. The number of hydrogen-bond acceptors (Lipinski definition) is 29. The molecular formula is C68H136O23S6Si3. The first-order valence-corrected chi connectivity index (χ1v) is 45.8. The molecule has 594 valence electrons. The number of methoxy groups -OCH3 is 4. The van der Waals surface area contributed by atoms with E-state index >= 15 is 0 Å². The number of hydrogen-bond donors (Lipinski definition) is 6. The fourth-order valence-corrected chi connectivity index (χ4v) is 19.4. The second-order valence-corrected chi connectivity index (χ2v) is 35.7. The van der Waals surface area contributed by atoms with Gasteiger partial charge in [0.1, 0.15) is 32.0 Å². The van der Waals surface area contributed by atoms with Crippen LogP contribution in [0.3, 0.4) is 0 Å². The molecule has 0 amide bonds. The molecule has 0 fully saturated rings. The molecule has 0 saturated heterocycles. The summed E-state index contributed by atoms with van der Waals surface area (Å²) in [6, 6.07) is 1.94. The van der Waals surface area contributed by atoms with Crippen LogP contribution < -0.4 is 0 Å². The second-order valence-electron chi connectivity index (χ2n) is 24.2. The van der Waals surface area contributed by atoms with Gasteiger partial charge < -0.3 is 82.5 Å². The minimum absolute atomic E-state index is 0.0593. The molecule has 0 rings (SSSR count). The monoisotopic (exact) mass is 1600 g/mol. The third-order valence-corrected chi connectivity index (χ3v) is 27.2. The van der Waals surface area contributed by atoms with Crippen LogP contribution in [0.15, 0.2) is 0 Å². The van der Waals surface area contributed by atoms with Gasteiger partial charge in [-0.2, -0.15) is 75.8 Å². The minimum atomic E-state index is -3.09. The summed E-state index contributed by atoms with van der Waals surface area (Å²) >= 11 is 25.4. The van der Waals surface area contributed by atoms with Gasteiger partial charge in [0.05, 0.1) is 62.5 Å². The molecule has 32 heteroatoms. The summed E-state index contributed by atoms with van der Waals surface area (Å²) < 4.78 is 106. The first kappa shape index (κ1) is 102. The minimum Gasteiger partial charge on any atom is -0.463 e. The van der Waals surface area contributed by atoms with Crippen molar-refractivity contribution >= 4 is 132 Å². The molecule has 0 radical (unpaired) electrons. The second kappa shape index (κ2) is 67.9. The van der Waals surface area contributed by atoms with Crippen molar-refractivity contribution in [2.75, 3.05) is 132 Å². The molecule has 8 atom stereocenters. The number of carbonyl (C=O) groups is 5. The van der Waals surface area contributed by atoms with Crippen LogP contribution in [0.1, 0.15) is 206 Å². The highest BCUT2D eigenvalue weighted by Gasteiger charge is 2.48. The van der Waals surface area contributed by atoms with Gasteiger partial charge in [0, 0.05) is 132 Å². The Kier molecular flexibility index (Phi) is 69.0. The van der Waals surface area contributed by atoms with E-state index in [-0.39, 0.29) is 112 Å². The molecule has 23 nitrogen and oxygen atoms in total. The molecule has 0 aromatic heterocycles. The molecule has 0 N–H and O–H groups in total. The Hall–Kier alpha value is -0.419. The lowest BCUT2D eigenvalue weighted by Crippen LogP contribution is -2.54. The molecule has 0 spiro atoms. The number of esters is 5. The predicted octanol–water partition coefficient (Wildman–Crippen LogP) is 13.3. The van der Waals surface area contributed by atoms with Crippen LogP contribution in [-0.2, 0) is 106 Å².